The molecule has 0 saturated heterocycles. The molecule has 0 atom stereocenters. The number of ether oxygens (including phenoxy) is 1. The summed E-state index contributed by atoms with van der Waals surface area (Å²) in [5.74, 6) is 1.01. The Morgan fingerprint density at radius 3 is 2.10 bits per heavy atom. The predicted molar refractivity (Wildman–Crippen MR) is 108 cm³/mol. The lowest BCUT2D eigenvalue weighted by Gasteiger charge is -2.56. The Morgan fingerprint density at radius 1 is 1.00 bits per heavy atom. The number of hydrogen-bond donors (Lipinski definition) is 2. The van der Waals surface area contributed by atoms with Crippen LogP contribution in [0.4, 0.5) is 4.79 Å². The Kier molecular flexibility index (Phi) is 5.13. The van der Waals surface area contributed by atoms with Gasteiger partial charge in [-0.3, -0.25) is 14.9 Å². The number of rotatable bonds is 5. The van der Waals surface area contributed by atoms with E-state index in [9.17, 15) is 14.4 Å². The first-order chi connectivity index (χ1) is 13.8. The Labute approximate surface area is 171 Å². The van der Waals surface area contributed by atoms with Crippen molar-refractivity contribution in [2.75, 3.05) is 6.61 Å². The van der Waals surface area contributed by atoms with Crippen molar-refractivity contribution in [2.45, 2.75) is 63.3 Å². The summed E-state index contributed by atoms with van der Waals surface area (Å²) in [5, 5.41) is 5.42. The zero-order valence-corrected chi connectivity index (χ0v) is 17.2. The van der Waals surface area contributed by atoms with Crippen LogP contribution in [-0.4, -0.2) is 30.1 Å². The van der Waals surface area contributed by atoms with Crippen molar-refractivity contribution in [3.8, 4) is 0 Å². The van der Waals surface area contributed by atoms with Crippen molar-refractivity contribution in [2.24, 2.45) is 17.8 Å². The summed E-state index contributed by atoms with van der Waals surface area (Å²) in [6.07, 6.45) is 6.90. The third kappa shape index (κ3) is 4.16. The number of amides is 3. The molecule has 0 unspecified atom stereocenters. The lowest BCUT2D eigenvalue weighted by molar-refractivity contribution is -0.153. The number of carbonyl (C=O) groups excluding carboxylic acids is 3. The van der Waals surface area contributed by atoms with Crippen LogP contribution in [0.3, 0.4) is 0 Å². The molecular weight excluding hydrogens is 368 g/mol. The molecule has 3 amide bonds. The summed E-state index contributed by atoms with van der Waals surface area (Å²) in [5.41, 5.74) is -0.223. The van der Waals surface area contributed by atoms with Gasteiger partial charge in [0.2, 0.25) is 0 Å². The molecule has 0 radical (unpaired) electrons. The Hall–Kier alpha value is -2.37. The predicted octanol–water partition coefficient (Wildman–Crippen LogP) is 3.30. The van der Waals surface area contributed by atoms with Crippen LogP contribution in [0.5, 0.6) is 0 Å². The first-order valence-electron chi connectivity index (χ1n) is 10.6. The first kappa shape index (κ1) is 19.9. The molecule has 2 N–H and O–H groups in total. The highest BCUT2D eigenvalue weighted by molar-refractivity contribution is 5.96. The van der Waals surface area contributed by atoms with E-state index in [2.05, 4.69) is 10.6 Å². The maximum Gasteiger partial charge on any atom is 0.321 e. The van der Waals surface area contributed by atoms with E-state index in [0.29, 0.717) is 17.8 Å². The average Bonchev–Trinajstić information content (AvgIpc) is 2.65. The van der Waals surface area contributed by atoms with E-state index in [-0.39, 0.29) is 5.54 Å². The highest BCUT2D eigenvalue weighted by Crippen LogP contribution is 2.55. The number of hydrogen-bond acceptors (Lipinski definition) is 4. The Bertz CT molecular complexity index is 767. The molecule has 6 nitrogen and oxygen atoms in total. The Morgan fingerprint density at radius 2 is 1.55 bits per heavy atom. The van der Waals surface area contributed by atoms with Gasteiger partial charge in [0.1, 0.15) is 0 Å². The topological polar surface area (TPSA) is 84.5 Å². The fourth-order valence-electron chi connectivity index (χ4n) is 5.98. The lowest BCUT2D eigenvalue weighted by Crippen LogP contribution is -2.62. The van der Waals surface area contributed by atoms with Gasteiger partial charge in [0.05, 0.1) is 5.41 Å². The third-order valence-corrected chi connectivity index (χ3v) is 7.01. The molecule has 156 valence electrons. The zero-order chi connectivity index (χ0) is 20.6. The molecule has 4 bridgehead atoms. The summed E-state index contributed by atoms with van der Waals surface area (Å²) in [4.78, 5) is 37.0. The fraction of sp³-hybridized carbons (Fsp3) is 0.609. The van der Waals surface area contributed by atoms with Gasteiger partial charge in [-0.2, -0.15) is 0 Å². The highest BCUT2D eigenvalue weighted by Gasteiger charge is 2.51. The van der Waals surface area contributed by atoms with E-state index in [4.69, 9.17) is 4.74 Å². The molecule has 6 heteroatoms. The minimum atomic E-state index is -0.872. The van der Waals surface area contributed by atoms with Crippen molar-refractivity contribution >= 4 is 17.9 Å². The number of nitrogens with one attached hydrogen (secondary N) is 2. The van der Waals surface area contributed by atoms with Crippen molar-refractivity contribution in [3.05, 3.63) is 35.9 Å². The van der Waals surface area contributed by atoms with Crippen molar-refractivity contribution < 1.29 is 19.1 Å². The molecule has 4 saturated carbocycles. The van der Waals surface area contributed by atoms with E-state index in [1.807, 2.05) is 30.3 Å². The molecule has 0 spiro atoms. The molecule has 1 aromatic rings. The maximum atomic E-state index is 12.5. The molecule has 0 aliphatic heterocycles. The minimum absolute atomic E-state index is 0.162. The van der Waals surface area contributed by atoms with Crippen molar-refractivity contribution in [1.82, 2.24) is 10.6 Å². The summed E-state index contributed by atoms with van der Waals surface area (Å²) >= 11 is 0. The van der Waals surface area contributed by atoms with Gasteiger partial charge >= 0.3 is 12.0 Å². The van der Waals surface area contributed by atoms with Crippen LogP contribution >= 0.6 is 0 Å². The average molecular weight is 399 g/mol. The van der Waals surface area contributed by atoms with Gasteiger partial charge in [-0.1, -0.05) is 30.3 Å². The smallest absolute Gasteiger partial charge is 0.321 e. The second kappa shape index (κ2) is 7.47. The van der Waals surface area contributed by atoms with Crippen LogP contribution in [-0.2, 0) is 19.7 Å². The molecule has 0 aromatic heterocycles. The first-order valence-corrected chi connectivity index (χ1v) is 10.6. The molecule has 4 fully saturated rings. The third-order valence-electron chi connectivity index (χ3n) is 7.01. The van der Waals surface area contributed by atoms with E-state index >= 15 is 0 Å². The molecule has 4 aliphatic rings. The van der Waals surface area contributed by atoms with Gasteiger partial charge in [-0.15, -0.1) is 0 Å². The molecule has 5 rings (SSSR count). The molecule has 0 heterocycles. The molecule has 29 heavy (non-hydrogen) atoms. The highest BCUT2D eigenvalue weighted by atomic mass is 16.5. The fourth-order valence-corrected chi connectivity index (χ4v) is 5.98. The van der Waals surface area contributed by atoms with Crippen LogP contribution in [0, 0.1) is 17.8 Å². The molecular formula is C23H30N2O4. The van der Waals surface area contributed by atoms with Gasteiger partial charge < -0.3 is 10.1 Å². The number of urea groups is 1. The monoisotopic (exact) mass is 398 g/mol. The van der Waals surface area contributed by atoms with Crippen molar-refractivity contribution in [1.29, 1.82) is 0 Å². The van der Waals surface area contributed by atoms with Crippen LogP contribution in [0.25, 0.3) is 0 Å². The zero-order valence-electron chi connectivity index (χ0n) is 17.2. The van der Waals surface area contributed by atoms with Crippen LogP contribution < -0.4 is 10.6 Å². The van der Waals surface area contributed by atoms with Crippen molar-refractivity contribution in [3.63, 3.8) is 0 Å². The minimum Gasteiger partial charge on any atom is -0.455 e. The van der Waals surface area contributed by atoms with E-state index < -0.39 is 29.9 Å². The number of imide groups is 1. The quantitative estimate of drug-likeness (QED) is 0.746. The second-order valence-electron chi connectivity index (χ2n) is 9.77. The SMILES string of the molecule is CC(C)(C(=O)OCC(=O)NC(=O)NC12CC3CC(CC(C3)C1)C2)c1ccccc1. The van der Waals surface area contributed by atoms with Crippen LogP contribution in [0.2, 0.25) is 0 Å². The van der Waals surface area contributed by atoms with Gasteiger partial charge in [0.15, 0.2) is 6.61 Å². The van der Waals surface area contributed by atoms with Crippen LogP contribution in [0.15, 0.2) is 30.3 Å². The molecule has 4 aliphatic carbocycles. The lowest BCUT2D eigenvalue weighted by atomic mass is 9.53. The number of benzene rings is 1. The largest absolute Gasteiger partial charge is 0.455 e. The van der Waals surface area contributed by atoms with Gasteiger partial charge in [0.25, 0.3) is 5.91 Å². The summed E-state index contributed by atoms with van der Waals surface area (Å²) in [7, 11) is 0. The normalized spacial score (nSPS) is 29.9. The summed E-state index contributed by atoms with van der Waals surface area (Å²) in [6, 6.07) is 8.80. The van der Waals surface area contributed by atoms with E-state index in [0.717, 1.165) is 24.8 Å². The van der Waals surface area contributed by atoms with E-state index in [1.54, 1.807) is 13.8 Å². The van der Waals surface area contributed by atoms with E-state index in [1.165, 1.54) is 19.3 Å². The Balaban J connectivity index is 1.27. The summed E-state index contributed by atoms with van der Waals surface area (Å²) in [6.45, 7) is 3.04. The van der Waals surface area contributed by atoms with Crippen LogP contribution in [0.1, 0.15) is 57.9 Å². The van der Waals surface area contributed by atoms with Gasteiger partial charge in [-0.05, 0) is 75.7 Å². The summed E-state index contributed by atoms with van der Waals surface area (Å²) < 4.78 is 5.19. The standard InChI is InChI=1S/C23H30N2O4/c1-22(2,18-6-4-3-5-7-18)20(27)29-14-19(26)24-21(28)25-23-11-15-8-16(12-23)10-17(9-15)13-23/h3-7,15-17H,8-14H2,1-2H3,(H2,24,25,26,28). The second-order valence-corrected chi connectivity index (χ2v) is 9.77. The number of carbonyl (C=O) groups is 3. The van der Waals surface area contributed by atoms with Gasteiger partial charge in [0, 0.05) is 5.54 Å². The van der Waals surface area contributed by atoms with Gasteiger partial charge in [-0.25, -0.2) is 4.79 Å². The maximum absolute atomic E-state index is 12.5. The molecule has 1 aromatic carbocycles. The number of esters is 1.